The van der Waals surface area contributed by atoms with Crippen LogP contribution < -0.4 is 16.8 Å². The van der Waals surface area contributed by atoms with Gasteiger partial charge < -0.3 is 21.7 Å². The zero-order valence-electron chi connectivity index (χ0n) is 15.5. The minimum Gasteiger partial charge on any atom is -0.398 e. The summed E-state index contributed by atoms with van der Waals surface area (Å²) in [6, 6.07) is 10.5. The second kappa shape index (κ2) is 7.88. The van der Waals surface area contributed by atoms with E-state index in [1.807, 2.05) is 30.3 Å². The molecule has 4 rings (SSSR count). The van der Waals surface area contributed by atoms with Gasteiger partial charge >= 0.3 is 6.03 Å². The molecule has 3 amide bonds. The summed E-state index contributed by atoms with van der Waals surface area (Å²) in [6.45, 7) is 0.815. The third-order valence-corrected chi connectivity index (χ3v) is 5.97. The van der Waals surface area contributed by atoms with E-state index in [-0.39, 0.29) is 11.0 Å². The lowest BCUT2D eigenvalue weighted by atomic mass is 9.96. The number of rotatable bonds is 4. The van der Waals surface area contributed by atoms with Crippen molar-refractivity contribution in [3.05, 3.63) is 75.5 Å². The van der Waals surface area contributed by atoms with Crippen molar-refractivity contribution >= 4 is 29.0 Å². The van der Waals surface area contributed by atoms with E-state index in [0.29, 0.717) is 25.2 Å². The molecule has 0 bridgehead atoms. The first-order chi connectivity index (χ1) is 14.0. The van der Waals surface area contributed by atoms with Crippen LogP contribution in [0.3, 0.4) is 0 Å². The van der Waals surface area contributed by atoms with Gasteiger partial charge in [0.25, 0.3) is 5.91 Å². The van der Waals surface area contributed by atoms with Crippen molar-refractivity contribution in [1.82, 2.24) is 20.2 Å². The van der Waals surface area contributed by atoms with Crippen molar-refractivity contribution in [2.45, 2.75) is 19.0 Å². The van der Waals surface area contributed by atoms with Crippen molar-refractivity contribution in [2.75, 3.05) is 12.3 Å². The first kappa shape index (κ1) is 18.9. The van der Waals surface area contributed by atoms with Crippen LogP contribution in [0.15, 0.2) is 48.8 Å². The molecule has 0 fully saturated rings. The highest BCUT2D eigenvalue weighted by atomic mass is 32.1. The summed E-state index contributed by atoms with van der Waals surface area (Å²) in [4.78, 5) is 35.7. The molecule has 0 saturated heterocycles. The van der Waals surface area contributed by atoms with Gasteiger partial charge in [0, 0.05) is 43.2 Å². The van der Waals surface area contributed by atoms with Gasteiger partial charge in [-0.1, -0.05) is 24.3 Å². The lowest BCUT2D eigenvalue weighted by Crippen LogP contribution is -2.45. The Morgan fingerprint density at radius 2 is 2.07 bits per heavy atom. The fourth-order valence-corrected chi connectivity index (χ4v) is 4.52. The normalized spacial score (nSPS) is 15.6. The molecule has 29 heavy (non-hydrogen) atoms. The molecule has 1 unspecified atom stereocenters. The number of nitrogens with one attached hydrogen (secondary N) is 1. The van der Waals surface area contributed by atoms with Gasteiger partial charge in [0.2, 0.25) is 0 Å². The summed E-state index contributed by atoms with van der Waals surface area (Å²) in [6.07, 6.45) is 3.94. The number of carbonyl (C=O) groups is 2. The van der Waals surface area contributed by atoms with E-state index in [4.69, 9.17) is 11.5 Å². The van der Waals surface area contributed by atoms with Gasteiger partial charge in [0.05, 0.1) is 16.6 Å². The van der Waals surface area contributed by atoms with Gasteiger partial charge in [-0.2, -0.15) is 0 Å². The fraction of sp³-hybridized carbons (Fsp3) is 0.200. The summed E-state index contributed by atoms with van der Waals surface area (Å²) in [5.41, 5.74) is 14.7. The molecule has 2 aromatic heterocycles. The maximum atomic E-state index is 13.1. The molecular formula is C20H20N6O2S. The number of hydrogen-bond donors (Lipinski definition) is 3. The molecule has 1 aliphatic heterocycles. The van der Waals surface area contributed by atoms with Gasteiger partial charge in [-0.15, -0.1) is 11.3 Å². The fourth-order valence-electron chi connectivity index (χ4n) is 3.43. The molecule has 9 heteroatoms. The second-order valence-corrected chi connectivity index (χ2v) is 7.72. The van der Waals surface area contributed by atoms with Crippen LogP contribution in [-0.2, 0) is 13.0 Å². The number of pyridine rings is 1. The minimum atomic E-state index is -0.572. The van der Waals surface area contributed by atoms with E-state index in [0.717, 1.165) is 21.7 Å². The minimum absolute atomic E-state index is 0.221. The summed E-state index contributed by atoms with van der Waals surface area (Å²) in [7, 11) is 0. The Balaban J connectivity index is 1.67. The molecule has 0 spiro atoms. The molecule has 0 saturated carbocycles. The van der Waals surface area contributed by atoms with Crippen molar-refractivity contribution < 1.29 is 9.59 Å². The molecule has 8 nitrogen and oxygen atoms in total. The quantitative estimate of drug-likeness (QED) is 0.570. The molecule has 1 aromatic carbocycles. The Kier molecular flexibility index (Phi) is 5.13. The van der Waals surface area contributed by atoms with E-state index in [9.17, 15) is 9.59 Å². The second-order valence-electron chi connectivity index (χ2n) is 6.69. The smallest absolute Gasteiger partial charge is 0.318 e. The van der Waals surface area contributed by atoms with Crippen LogP contribution in [0.2, 0.25) is 0 Å². The number of fused-ring (bicyclic) bond motifs is 1. The third-order valence-electron chi connectivity index (χ3n) is 4.81. The number of para-hydroxylation sites is 1. The Morgan fingerprint density at radius 1 is 1.24 bits per heavy atom. The van der Waals surface area contributed by atoms with E-state index in [1.54, 1.807) is 23.4 Å². The average Bonchev–Trinajstić information content (AvgIpc) is 3.17. The number of aromatic nitrogens is 2. The Morgan fingerprint density at radius 3 is 2.79 bits per heavy atom. The summed E-state index contributed by atoms with van der Waals surface area (Å²) >= 11 is 1.22. The van der Waals surface area contributed by atoms with Gasteiger partial charge in [-0.25, -0.2) is 9.78 Å². The molecule has 1 aliphatic rings. The maximum absolute atomic E-state index is 13.1. The van der Waals surface area contributed by atoms with Gasteiger partial charge in [0.15, 0.2) is 5.01 Å². The van der Waals surface area contributed by atoms with Crippen molar-refractivity contribution in [2.24, 2.45) is 5.73 Å². The Hall–Kier alpha value is -3.46. The van der Waals surface area contributed by atoms with Crippen LogP contribution in [0.25, 0.3) is 0 Å². The van der Waals surface area contributed by atoms with Crippen LogP contribution in [0.4, 0.5) is 10.5 Å². The van der Waals surface area contributed by atoms with Crippen molar-refractivity contribution in [3.63, 3.8) is 0 Å². The van der Waals surface area contributed by atoms with Gasteiger partial charge in [0.1, 0.15) is 0 Å². The molecule has 5 N–H and O–H groups in total. The molecule has 3 aromatic rings. The van der Waals surface area contributed by atoms with Crippen LogP contribution in [0.1, 0.15) is 37.5 Å². The number of thiazole rings is 1. The Labute approximate surface area is 171 Å². The first-order valence-electron chi connectivity index (χ1n) is 9.11. The van der Waals surface area contributed by atoms with E-state index >= 15 is 0 Å². The SMILES string of the molecule is NC(=O)c1nc2c(s1)C(c1ccccc1N)N(C(=O)NCc1cccnc1)CC2. The molecule has 148 valence electrons. The molecule has 0 aliphatic carbocycles. The molecule has 1 atom stereocenters. The topological polar surface area (TPSA) is 127 Å². The first-order valence-corrected chi connectivity index (χ1v) is 9.93. The monoisotopic (exact) mass is 408 g/mol. The van der Waals surface area contributed by atoms with Crippen LogP contribution in [0, 0.1) is 0 Å². The van der Waals surface area contributed by atoms with Crippen molar-refractivity contribution in [3.8, 4) is 0 Å². The summed E-state index contributed by atoms with van der Waals surface area (Å²) in [5.74, 6) is -0.572. The molecular weight excluding hydrogens is 388 g/mol. The zero-order valence-corrected chi connectivity index (χ0v) is 16.4. The Bertz CT molecular complexity index is 1050. The number of nitrogens with two attached hydrogens (primary N) is 2. The lowest BCUT2D eigenvalue weighted by Gasteiger charge is -2.35. The maximum Gasteiger partial charge on any atom is 0.318 e. The zero-order chi connectivity index (χ0) is 20.4. The number of benzene rings is 1. The number of nitrogens with zero attached hydrogens (tertiary/aromatic N) is 3. The average molecular weight is 408 g/mol. The van der Waals surface area contributed by atoms with Gasteiger partial charge in [-0.05, 0) is 17.7 Å². The van der Waals surface area contributed by atoms with E-state index in [1.165, 1.54) is 11.3 Å². The van der Waals surface area contributed by atoms with E-state index < -0.39 is 11.9 Å². The molecule has 0 radical (unpaired) electrons. The number of primary amides is 1. The highest BCUT2D eigenvalue weighted by Gasteiger charge is 2.36. The highest BCUT2D eigenvalue weighted by Crippen LogP contribution is 2.40. The number of urea groups is 1. The van der Waals surface area contributed by atoms with Crippen LogP contribution in [0.5, 0.6) is 0 Å². The number of carbonyl (C=O) groups excluding carboxylic acids is 2. The number of nitrogen functional groups attached to an aromatic ring is 1. The van der Waals surface area contributed by atoms with Gasteiger partial charge in [-0.3, -0.25) is 9.78 Å². The summed E-state index contributed by atoms with van der Waals surface area (Å²) < 4.78 is 0. The summed E-state index contributed by atoms with van der Waals surface area (Å²) in [5, 5.41) is 3.19. The third kappa shape index (κ3) is 3.77. The predicted octanol–water partition coefficient (Wildman–Crippen LogP) is 2.08. The number of hydrogen-bond acceptors (Lipinski definition) is 6. The standard InChI is InChI=1S/C20H20N6O2S/c21-14-6-2-1-5-13(14)16-17-15(25-19(29-17)18(22)27)7-9-26(16)20(28)24-11-12-4-3-8-23-10-12/h1-6,8,10,16H,7,9,11,21H2,(H2,22,27)(H,24,28). The number of amides is 3. The highest BCUT2D eigenvalue weighted by molar-refractivity contribution is 7.13. The number of anilines is 1. The lowest BCUT2D eigenvalue weighted by molar-refractivity contribution is 0.0999. The van der Waals surface area contributed by atoms with Crippen LogP contribution >= 0.6 is 11.3 Å². The van der Waals surface area contributed by atoms with Crippen molar-refractivity contribution in [1.29, 1.82) is 0 Å². The largest absolute Gasteiger partial charge is 0.398 e. The van der Waals surface area contributed by atoms with Crippen LogP contribution in [-0.4, -0.2) is 33.4 Å². The van der Waals surface area contributed by atoms with E-state index in [2.05, 4.69) is 15.3 Å². The molecule has 3 heterocycles. The predicted molar refractivity (Wildman–Crippen MR) is 110 cm³/mol.